The number of alkyl carbamates (subject to hydrolysis) is 1. The molecule has 1 aliphatic heterocycles. The third-order valence-electron chi connectivity index (χ3n) is 2.65. The first kappa shape index (κ1) is 12.6. The van der Waals surface area contributed by atoms with Crippen LogP contribution in [0.5, 0.6) is 0 Å². The molecule has 1 heterocycles. The number of likely N-dealkylation sites (tertiary alicyclic amines) is 1. The summed E-state index contributed by atoms with van der Waals surface area (Å²) >= 11 is 2.25. The van der Waals surface area contributed by atoms with E-state index in [2.05, 4.69) is 32.8 Å². The molecule has 1 amide bonds. The van der Waals surface area contributed by atoms with Crippen molar-refractivity contribution in [3.05, 3.63) is 33.4 Å². The van der Waals surface area contributed by atoms with Gasteiger partial charge in [0.2, 0.25) is 0 Å². The second-order valence-electron chi connectivity index (χ2n) is 4.23. The van der Waals surface area contributed by atoms with Crippen LogP contribution in [0.2, 0.25) is 0 Å². The first-order chi connectivity index (χ1) is 8.13. The molecule has 4 nitrogen and oxygen atoms in total. The molecule has 1 aliphatic rings. The van der Waals surface area contributed by atoms with Crippen LogP contribution < -0.4 is 5.32 Å². The average Bonchev–Trinajstić information content (AvgIpc) is 2.26. The van der Waals surface area contributed by atoms with Crippen LogP contribution in [0.1, 0.15) is 5.56 Å². The van der Waals surface area contributed by atoms with Crippen molar-refractivity contribution in [2.75, 3.05) is 20.1 Å². The maximum atomic E-state index is 11.4. The van der Waals surface area contributed by atoms with Crippen molar-refractivity contribution < 1.29 is 9.53 Å². The van der Waals surface area contributed by atoms with Crippen molar-refractivity contribution in [2.24, 2.45) is 0 Å². The number of halogens is 1. The molecule has 0 radical (unpaired) electrons. The summed E-state index contributed by atoms with van der Waals surface area (Å²) in [6.07, 6.45) is -0.279. The lowest BCUT2D eigenvalue weighted by atomic mass is 10.2. The van der Waals surface area contributed by atoms with E-state index in [1.165, 1.54) is 3.57 Å². The number of rotatable bonds is 3. The van der Waals surface area contributed by atoms with E-state index in [1.54, 1.807) is 0 Å². The lowest BCUT2D eigenvalue weighted by molar-refractivity contribution is 0.000525. The van der Waals surface area contributed by atoms with Gasteiger partial charge in [-0.05, 0) is 47.3 Å². The molecule has 0 saturated carbocycles. The summed E-state index contributed by atoms with van der Waals surface area (Å²) in [5, 5.41) is 2.75. The summed E-state index contributed by atoms with van der Waals surface area (Å²) in [5.41, 5.74) is 1.08. The molecule has 1 saturated heterocycles. The SMILES string of the molecule is CN1CC(OC(=O)NCc2ccc(I)cc2)C1. The van der Waals surface area contributed by atoms with Crippen molar-refractivity contribution in [1.82, 2.24) is 10.2 Å². The minimum atomic E-state index is -0.332. The van der Waals surface area contributed by atoms with Crippen LogP contribution in [0.4, 0.5) is 4.79 Å². The first-order valence-corrected chi connectivity index (χ1v) is 6.59. The van der Waals surface area contributed by atoms with Crippen molar-refractivity contribution in [3.63, 3.8) is 0 Å². The fourth-order valence-electron chi connectivity index (χ4n) is 1.69. The topological polar surface area (TPSA) is 41.6 Å². The van der Waals surface area contributed by atoms with Crippen LogP contribution in [0, 0.1) is 3.57 Å². The van der Waals surface area contributed by atoms with E-state index in [0.717, 1.165) is 18.7 Å². The highest BCUT2D eigenvalue weighted by Crippen LogP contribution is 2.09. The molecule has 0 aromatic heterocycles. The van der Waals surface area contributed by atoms with Gasteiger partial charge in [0.25, 0.3) is 0 Å². The van der Waals surface area contributed by atoms with E-state index in [9.17, 15) is 4.79 Å². The maximum absolute atomic E-state index is 11.4. The highest BCUT2D eigenvalue weighted by Gasteiger charge is 2.26. The van der Waals surface area contributed by atoms with Crippen molar-refractivity contribution in [3.8, 4) is 0 Å². The van der Waals surface area contributed by atoms with Gasteiger partial charge in [0.15, 0.2) is 0 Å². The van der Waals surface area contributed by atoms with Gasteiger partial charge < -0.3 is 10.1 Å². The van der Waals surface area contributed by atoms with Gasteiger partial charge in [-0.15, -0.1) is 0 Å². The highest BCUT2D eigenvalue weighted by molar-refractivity contribution is 14.1. The van der Waals surface area contributed by atoms with Crippen molar-refractivity contribution in [1.29, 1.82) is 0 Å². The Hall–Kier alpha value is -0.820. The molecule has 0 unspecified atom stereocenters. The lowest BCUT2D eigenvalue weighted by Crippen LogP contribution is -2.51. The Balaban J connectivity index is 1.70. The Morgan fingerprint density at radius 3 is 2.71 bits per heavy atom. The zero-order valence-electron chi connectivity index (χ0n) is 9.65. The number of nitrogens with one attached hydrogen (secondary N) is 1. The van der Waals surface area contributed by atoms with E-state index in [0.29, 0.717) is 6.54 Å². The van der Waals surface area contributed by atoms with Crippen LogP contribution in [0.3, 0.4) is 0 Å². The second kappa shape index (κ2) is 5.68. The Kier molecular flexibility index (Phi) is 4.22. The fourth-order valence-corrected chi connectivity index (χ4v) is 2.05. The number of hydrogen-bond acceptors (Lipinski definition) is 3. The quantitative estimate of drug-likeness (QED) is 0.850. The molecule has 0 bridgehead atoms. The number of carbonyl (C=O) groups is 1. The third-order valence-corrected chi connectivity index (χ3v) is 3.37. The minimum absolute atomic E-state index is 0.0525. The highest BCUT2D eigenvalue weighted by atomic mass is 127. The van der Waals surface area contributed by atoms with Crippen molar-refractivity contribution >= 4 is 28.7 Å². The largest absolute Gasteiger partial charge is 0.444 e. The average molecular weight is 346 g/mol. The van der Waals surface area contributed by atoms with Gasteiger partial charge in [-0.25, -0.2) is 4.79 Å². The van der Waals surface area contributed by atoms with E-state index in [4.69, 9.17) is 4.74 Å². The Labute approximate surface area is 114 Å². The van der Waals surface area contributed by atoms with E-state index < -0.39 is 0 Å². The van der Waals surface area contributed by atoms with Gasteiger partial charge in [0, 0.05) is 23.2 Å². The number of hydrogen-bond donors (Lipinski definition) is 1. The molecule has 0 atom stereocenters. The molecule has 1 fully saturated rings. The third kappa shape index (κ3) is 3.85. The zero-order chi connectivity index (χ0) is 12.3. The second-order valence-corrected chi connectivity index (χ2v) is 5.47. The summed E-state index contributed by atoms with van der Waals surface area (Å²) in [7, 11) is 2.00. The summed E-state index contributed by atoms with van der Waals surface area (Å²) in [6, 6.07) is 8.03. The van der Waals surface area contributed by atoms with E-state index in [1.807, 2.05) is 31.3 Å². The summed E-state index contributed by atoms with van der Waals surface area (Å²) in [5.74, 6) is 0. The molecule has 0 aliphatic carbocycles. The maximum Gasteiger partial charge on any atom is 0.407 e. The molecule has 1 N–H and O–H groups in total. The van der Waals surface area contributed by atoms with Crippen LogP contribution in [-0.2, 0) is 11.3 Å². The van der Waals surface area contributed by atoms with E-state index in [-0.39, 0.29) is 12.2 Å². The van der Waals surface area contributed by atoms with Gasteiger partial charge in [0.1, 0.15) is 6.10 Å². The van der Waals surface area contributed by atoms with Gasteiger partial charge in [-0.1, -0.05) is 12.1 Å². The predicted molar refractivity (Wildman–Crippen MR) is 73.8 cm³/mol. The molecule has 1 aromatic carbocycles. The molecule has 92 valence electrons. The number of amides is 1. The predicted octanol–water partition coefficient (Wildman–Crippen LogP) is 1.83. The monoisotopic (exact) mass is 346 g/mol. The molecular formula is C12H15IN2O2. The number of nitrogens with zero attached hydrogens (tertiary/aromatic N) is 1. The Bertz CT molecular complexity index is 388. The first-order valence-electron chi connectivity index (χ1n) is 5.51. The van der Waals surface area contributed by atoms with Crippen LogP contribution in [0.15, 0.2) is 24.3 Å². The van der Waals surface area contributed by atoms with Crippen LogP contribution in [-0.4, -0.2) is 37.2 Å². The zero-order valence-corrected chi connectivity index (χ0v) is 11.8. The van der Waals surface area contributed by atoms with Gasteiger partial charge in [0.05, 0.1) is 0 Å². The van der Waals surface area contributed by atoms with Gasteiger partial charge in [-0.3, -0.25) is 4.90 Å². The normalized spacial score (nSPS) is 16.4. The van der Waals surface area contributed by atoms with Crippen LogP contribution >= 0.6 is 22.6 Å². The standard InChI is InChI=1S/C12H15IN2O2/c1-15-7-11(8-15)17-12(16)14-6-9-2-4-10(13)5-3-9/h2-5,11H,6-8H2,1H3,(H,14,16). The molecule has 1 aromatic rings. The van der Waals surface area contributed by atoms with Gasteiger partial charge in [-0.2, -0.15) is 0 Å². The number of carbonyl (C=O) groups excluding carboxylic acids is 1. The summed E-state index contributed by atoms with van der Waals surface area (Å²) < 4.78 is 6.40. The minimum Gasteiger partial charge on any atom is -0.444 e. The number of benzene rings is 1. The van der Waals surface area contributed by atoms with Crippen LogP contribution in [0.25, 0.3) is 0 Å². The Morgan fingerprint density at radius 1 is 1.47 bits per heavy atom. The number of ether oxygens (including phenoxy) is 1. The number of likely N-dealkylation sites (N-methyl/N-ethyl adjacent to an activating group) is 1. The Morgan fingerprint density at radius 2 is 2.12 bits per heavy atom. The van der Waals surface area contributed by atoms with Gasteiger partial charge >= 0.3 is 6.09 Å². The molecule has 5 heteroatoms. The summed E-state index contributed by atoms with van der Waals surface area (Å²) in [4.78, 5) is 13.5. The lowest BCUT2D eigenvalue weighted by Gasteiger charge is -2.35. The molecule has 17 heavy (non-hydrogen) atoms. The molecule has 2 rings (SSSR count). The van der Waals surface area contributed by atoms with E-state index >= 15 is 0 Å². The fraction of sp³-hybridized carbons (Fsp3) is 0.417. The smallest absolute Gasteiger partial charge is 0.407 e. The molecular weight excluding hydrogens is 331 g/mol. The molecule has 0 spiro atoms. The summed E-state index contributed by atoms with van der Waals surface area (Å²) in [6.45, 7) is 2.17. The van der Waals surface area contributed by atoms with Crippen molar-refractivity contribution in [2.45, 2.75) is 12.6 Å².